The zero-order valence-corrected chi connectivity index (χ0v) is 19.2. The molecule has 2 aromatic heterocycles. The lowest BCUT2D eigenvalue weighted by Gasteiger charge is -2.30. The molecule has 0 aliphatic carbocycles. The predicted molar refractivity (Wildman–Crippen MR) is 126 cm³/mol. The molecule has 1 N–H and O–H groups in total. The van der Waals surface area contributed by atoms with Gasteiger partial charge in [-0.1, -0.05) is 40.2 Å². The Bertz CT molecular complexity index is 1350. The maximum atomic E-state index is 13.8. The van der Waals surface area contributed by atoms with Gasteiger partial charge >= 0.3 is 0 Å². The van der Waals surface area contributed by atoms with Crippen molar-refractivity contribution in [2.75, 3.05) is 20.1 Å². The van der Waals surface area contributed by atoms with E-state index in [4.69, 9.17) is 0 Å². The fourth-order valence-electron chi connectivity index (χ4n) is 4.48. The molecule has 1 aliphatic heterocycles. The van der Waals surface area contributed by atoms with Gasteiger partial charge in [-0.05, 0) is 42.2 Å². The second-order valence-corrected chi connectivity index (χ2v) is 8.96. The Kier molecular flexibility index (Phi) is 5.52. The monoisotopic (exact) mass is 494 g/mol. The van der Waals surface area contributed by atoms with E-state index in [0.717, 1.165) is 47.0 Å². The van der Waals surface area contributed by atoms with Crippen LogP contribution in [0.4, 0.5) is 0 Å². The number of fused-ring (bicyclic) bond motifs is 3. The standard InChI is InChI=1S/C23H23BrN6O2/c1-25-20(31)12-15-4-6-16(7-5-15)21(28-10-2-3-11-28)30-22(32)18-13-17(24)8-9-19(18)29-14-26-27-23(29)30/h4-9,13-14,21H,2-3,10-12H2,1H3,(H,25,31). The maximum Gasteiger partial charge on any atom is 0.264 e. The number of amides is 1. The van der Waals surface area contributed by atoms with Crippen LogP contribution in [0.2, 0.25) is 0 Å². The van der Waals surface area contributed by atoms with E-state index < -0.39 is 0 Å². The van der Waals surface area contributed by atoms with E-state index in [9.17, 15) is 9.59 Å². The van der Waals surface area contributed by atoms with Gasteiger partial charge in [0, 0.05) is 24.6 Å². The van der Waals surface area contributed by atoms with Crippen LogP contribution in [0.15, 0.2) is 58.1 Å². The van der Waals surface area contributed by atoms with Gasteiger partial charge in [-0.25, -0.2) is 0 Å². The summed E-state index contributed by atoms with van der Waals surface area (Å²) in [5.41, 5.74) is 2.58. The van der Waals surface area contributed by atoms with Crippen molar-refractivity contribution in [2.24, 2.45) is 0 Å². The average Bonchev–Trinajstić information content (AvgIpc) is 3.50. The minimum Gasteiger partial charge on any atom is -0.359 e. The van der Waals surface area contributed by atoms with Gasteiger partial charge in [-0.2, -0.15) is 0 Å². The third-order valence-corrected chi connectivity index (χ3v) is 6.56. The molecule has 0 bridgehead atoms. The molecule has 164 valence electrons. The zero-order chi connectivity index (χ0) is 22.2. The Balaban J connectivity index is 1.70. The number of carbonyl (C=O) groups is 1. The number of likely N-dealkylation sites (tertiary alicyclic amines) is 1. The molecule has 9 heteroatoms. The van der Waals surface area contributed by atoms with Gasteiger partial charge in [0.15, 0.2) is 0 Å². The molecule has 1 fully saturated rings. The van der Waals surface area contributed by atoms with Gasteiger partial charge in [0.05, 0.1) is 17.3 Å². The Morgan fingerprint density at radius 3 is 2.62 bits per heavy atom. The number of likely N-dealkylation sites (N-methyl/N-ethyl adjacent to an activating group) is 1. The number of aromatic nitrogens is 4. The first-order valence-corrected chi connectivity index (χ1v) is 11.4. The first-order chi connectivity index (χ1) is 15.6. The van der Waals surface area contributed by atoms with Gasteiger partial charge in [0.1, 0.15) is 12.5 Å². The van der Waals surface area contributed by atoms with E-state index in [0.29, 0.717) is 17.6 Å². The Labute approximate surface area is 193 Å². The summed E-state index contributed by atoms with van der Waals surface area (Å²) < 4.78 is 4.46. The Morgan fingerprint density at radius 2 is 1.91 bits per heavy atom. The quantitative estimate of drug-likeness (QED) is 0.461. The average molecular weight is 495 g/mol. The zero-order valence-electron chi connectivity index (χ0n) is 17.7. The molecule has 4 aromatic rings. The summed E-state index contributed by atoms with van der Waals surface area (Å²) >= 11 is 3.50. The molecule has 1 atom stereocenters. The van der Waals surface area contributed by atoms with E-state index in [2.05, 4.69) is 36.3 Å². The minimum atomic E-state index is -0.311. The fourth-order valence-corrected chi connectivity index (χ4v) is 4.85. The molecular weight excluding hydrogens is 472 g/mol. The lowest BCUT2D eigenvalue weighted by atomic mass is 10.1. The highest BCUT2D eigenvalue weighted by Crippen LogP contribution is 2.29. The van der Waals surface area contributed by atoms with Gasteiger partial charge in [0.25, 0.3) is 5.56 Å². The summed E-state index contributed by atoms with van der Waals surface area (Å²) in [6, 6.07) is 13.6. The molecule has 8 nitrogen and oxygen atoms in total. The number of halogens is 1. The van der Waals surface area contributed by atoms with Gasteiger partial charge in [-0.15, -0.1) is 10.2 Å². The first kappa shape index (κ1) is 20.8. The molecule has 1 unspecified atom stereocenters. The van der Waals surface area contributed by atoms with E-state index in [1.165, 1.54) is 0 Å². The van der Waals surface area contributed by atoms with Gasteiger partial charge in [0.2, 0.25) is 11.7 Å². The Hall–Kier alpha value is -3.04. The number of nitrogens with one attached hydrogen (secondary N) is 1. The number of nitrogens with zero attached hydrogens (tertiary/aromatic N) is 5. The first-order valence-electron chi connectivity index (χ1n) is 10.6. The van der Waals surface area contributed by atoms with Crippen LogP contribution in [0.3, 0.4) is 0 Å². The molecule has 5 rings (SSSR count). The second kappa shape index (κ2) is 8.48. The van der Waals surface area contributed by atoms with E-state index in [1.54, 1.807) is 17.9 Å². The van der Waals surface area contributed by atoms with Crippen LogP contribution >= 0.6 is 15.9 Å². The minimum absolute atomic E-state index is 0.0321. The molecule has 1 saturated heterocycles. The summed E-state index contributed by atoms with van der Waals surface area (Å²) in [6.07, 6.45) is 3.83. The van der Waals surface area contributed by atoms with E-state index in [-0.39, 0.29) is 17.6 Å². The molecule has 1 amide bonds. The molecular formula is C23H23BrN6O2. The number of hydrogen-bond donors (Lipinski definition) is 1. The number of benzene rings is 2. The van der Waals surface area contributed by atoms with Gasteiger partial charge in [-0.3, -0.25) is 23.5 Å². The van der Waals surface area contributed by atoms with Crippen LogP contribution in [0.1, 0.15) is 30.1 Å². The van der Waals surface area contributed by atoms with Crippen molar-refractivity contribution in [3.63, 3.8) is 0 Å². The topological polar surface area (TPSA) is 84.5 Å². The third kappa shape index (κ3) is 3.61. The summed E-state index contributed by atoms with van der Waals surface area (Å²) in [5.74, 6) is 0.478. The molecule has 0 spiro atoms. The van der Waals surface area contributed by atoms with Crippen LogP contribution in [-0.4, -0.2) is 50.1 Å². The van der Waals surface area contributed by atoms with Crippen LogP contribution in [0.25, 0.3) is 16.7 Å². The summed E-state index contributed by atoms with van der Waals surface area (Å²) in [7, 11) is 1.63. The van der Waals surface area contributed by atoms with Crippen molar-refractivity contribution in [1.82, 2.24) is 29.4 Å². The highest BCUT2D eigenvalue weighted by atomic mass is 79.9. The highest BCUT2D eigenvalue weighted by Gasteiger charge is 2.29. The van der Waals surface area contributed by atoms with Crippen molar-refractivity contribution < 1.29 is 4.79 Å². The molecule has 2 aromatic carbocycles. The molecule has 3 heterocycles. The molecule has 0 radical (unpaired) electrons. The van der Waals surface area contributed by atoms with E-state index >= 15 is 0 Å². The molecule has 1 aliphatic rings. The van der Waals surface area contributed by atoms with Crippen molar-refractivity contribution in [3.8, 4) is 0 Å². The maximum absolute atomic E-state index is 13.8. The fraction of sp³-hybridized carbons (Fsp3) is 0.304. The molecule has 0 saturated carbocycles. The lowest BCUT2D eigenvalue weighted by molar-refractivity contribution is -0.119. The highest BCUT2D eigenvalue weighted by molar-refractivity contribution is 9.10. The summed E-state index contributed by atoms with van der Waals surface area (Å²) in [4.78, 5) is 27.9. The van der Waals surface area contributed by atoms with Crippen molar-refractivity contribution >= 4 is 38.5 Å². The SMILES string of the molecule is CNC(=O)Cc1ccc(C(N2CCCC2)n2c(=O)c3cc(Br)ccc3n3cnnc23)cc1. The predicted octanol–water partition coefficient (Wildman–Crippen LogP) is 2.74. The second-order valence-electron chi connectivity index (χ2n) is 8.05. The van der Waals surface area contributed by atoms with Crippen molar-refractivity contribution in [3.05, 3.63) is 74.7 Å². The third-order valence-electron chi connectivity index (χ3n) is 6.07. The van der Waals surface area contributed by atoms with Crippen LogP contribution in [-0.2, 0) is 11.2 Å². The normalized spacial score (nSPS) is 15.4. The van der Waals surface area contributed by atoms with Crippen molar-refractivity contribution in [1.29, 1.82) is 0 Å². The summed E-state index contributed by atoms with van der Waals surface area (Å²) in [5, 5.41) is 11.7. The number of rotatable bonds is 5. The number of hydrogen-bond acceptors (Lipinski definition) is 5. The van der Waals surface area contributed by atoms with Crippen molar-refractivity contribution in [2.45, 2.75) is 25.4 Å². The van der Waals surface area contributed by atoms with Crippen LogP contribution < -0.4 is 10.9 Å². The smallest absolute Gasteiger partial charge is 0.264 e. The van der Waals surface area contributed by atoms with Gasteiger partial charge < -0.3 is 5.32 Å². The molecule has 32 heavy (non-hydrogen) atoms. The Morgan fingerprint density at radius 1 is 1.16 bits per heavy atom. The van der Waals surface area contributed by atoms with E-state index in [1.807, 2.05) is 46.9 Å². The number of carbonyl (C=O) groups excluding carboxylic acids is 1. The van der Waals surface area contributed by atoms with Crippen LogP contribution in [0, 0.1) is 0 Å². The summed E-state index contributed by atoms with van der Waals surface area (Å²) in [6.45, 7) is 1.79. The lowest BCUT2D eigenvalue weighted by Crippen LogP contribution is -2.38. The van der Waals surface area contributed by atoms with Crippen LogP contribution in [0.5, 0.6) is 0 Å². The largest absolute Gasteiger partial charge is 0.359 e.